The number of carbonyl (C=O) groups excluding carboxylic acids is 1. The van der Waals surface area contributed by atoms with Gasteiger partial charge in [-0.2, -0.15) is 0 Å². The van der Waals surface area contributed by atoms with E-state index >= 15 is 0 Å². The van der Waals surface area contributed by atoms with Gasteiger partial charge in [-0.3, -0.25) is 14.9 Å². The van der Waals surface area contributed by atoms with Crippen molar-refractivity contribution in [2.24, 2.45) is 0 Å². The van der Waals surface area contributed by atoms with Gasteiger partial charge in [-0.25, -0.2) is 4.39 Å². The normalized spacial score (nSPS) is 11.9. The molecular weight excluding hydrogens is 271 g/mol. The average molecular weight is 286 g/mol. The van der Waals surface area contributed by atoms with Gasteiger partial charge in [0.15, 0.2) is 0 Å². The predicted octanol–water partition coefficient (Wildman–Crippen LogP) is 0.861. The molecule has 0 heterocycles. The average Bonchev–Trinajstić information content (AvgIpc) is 2.38. The smallest absolute Gasteiger partial charge is 0.282 e. The highest BCUT2D eigenvalue weighted by atomic mass is 19.1. The molecule has 0 spiro atoms. The monoisotopic (exact) mass is 286 g/mol. The van der Waals surface area contributed by atoms with Gasteiger partial charge in [-0.1, -0.05) is 0 Å². The second-order valence-electron chi connectivity index (χ2n) is 4.06. The van der Waals surface area contributed by atoms with Crippen LogP contribution >= 0.6 is 0 Å². The Balaban J connectivity index is 2.95. The Morgan fingerprint density at radius 2 is 2.30 bits per heavy atom. The van der Waals surface area contributed by atoms with E-state index in [1.54, 1.807) is 0 Å². The van der Waals surface area contributed by atoms with Crippen LogP contribution in [0, 0.1) is 15.9 Å². The van der Waals surface area contributed by atoms with E-state index < -0.39 is 28.4 Å². The maximum Gasteiger partial charge on any atom is 0.282 e. The Labute approximate surface area is 114 Å². The van der Waals surface area contributed by atoms with E-state index in [9.17, 15) is 19.3 Å². The third-order valence-corrected chi connectivity index (χ3v) is 2.58. The second-order valence-corrected chi connectivity index (χ2v) is 4.06. The Morgan fingerprint density at radius 3 is 2.85 bits per heavy atom. The van der Waals surface area contributed by atoms with Crippen molar-refractivity contribution in [2.45, 2.75) is 12.5 Å². The van der Waals surface area contributed by atoms with Crippen LogP contribution in [0.1, 0.15) is 16.8 Å². The van der Waals surface area contributed by atoms with E-state index in [0.717, 1.165) is 18.2 Å². The number of halogens is 1. The van der Waals surface area contributed by atoms with Crippen LogP contribution in [-0.4, -0.2) is 42.3 Å². The van der Waals surface area contributed by atoms with Crippen LogP contribution in [0.15, 0.2) is 18.2 Å². The molecular formula is C12H15FN2O5. The molecule has 20 heavy (non-hydrogen) atoms. The highest BCUT2D eigenvalue weighted by Gasteiger charge is 2.22. The Hall–Kier alpha value is -2.06. The SMILES string of the molecule is COCC(CCO)NC(=O)c1cc(F)ccc1[N+](=O)[O-]. The lowest BCUT2D eigenvalue weighted by Crippen LogP contribution is -2.39. The Kier molecular flexibility index (Phi) is 6.01. The number of hydrogen-bond donors (Lipinski definition) is 2. The fraction of sp³-hybridized carbons (Fsp3) is 0.417. The zero-order chi connectivity index (χ0) is 15.1. The van der Waals surface area contributed by atoms with Crippen LogP contribution in [0.4, 0.5) is 10.1 Å². The van der Waals surface area contributed by atoms with Crippen LogP contribution in [0.3, 0.4) is 0 Å². The van der Waals surface area contributed by atoms with Crippen molar-refractivity contribution >= 4 is 11.6 Å². The van der Waals surface area contributed by atoms with Crippen molar-refractivity contribution in [3.05, 3.63) is 39.7 Å². The summed E-state index contributed by atoms with van der Waals surface area (Å²) in [6.07, 6.45) is 0.225. The van der Waals surface area contributed by atoms with Crippen molar-refractivity contribution in [1.29, 1.82) is 0 Å². The highest BCUT2D eigenvalue weighted by molar-refractivity contribution is 5.98. The lowest BCUT2D eigenvalue weighted by molar-refractivity contribution is -0.385. The summed E-state index contributed by atoms with van der Waals surface area (Å²) in [6.45, 7) is -0.0467. The first-order valence-electron chi connectivity index (χ1n) is 5.84. The lowest BCUT2D eigenvalue weighted by atomic mass is 10.1. The molecule has 8 heteroatoms. The van der Waals surface area contributed by atoms with Crippen LogP contribution in [0.5, 0.6) is 0 Å². The fourth-order valence-electron chi connectivity index (χ4n) is 1.67. The number of aliphatic hydroxyl groups is 1. The molecule has 0 aromatic heterocycles. The molecule has 0 bridgehead atoms. The Morgan fingerprint density at radius 1 is 1.60 bits per heavy atom. The number of aliphatic hydroxyl groups excluding tert-OH is 1. The number of benzene rings is 1. The molecule has 0 saturated carbocycles. The van der Waals surface area contributed by atoms with Crippen molar-refractivity contribution in [3.63, 3.8) is 0 Å². The summed E-state index contributed by atoms with van der Waals surface area (Å²) in [5.74, 6) is -1.53. The number of amides is 1. The van der Waals surface area contributed by atoms with Crippen molar-refractivity contribution in [3.8, 4) is 0 Å². The number of nitrogens with zero attached hydrogens (tertiary/aromatic N) is 1. The quantitative estimate of drug-likeness (QED) is 0.572. The molecule has 1 rings (SSSR count). The number of nitro groups is 1. The Bertz CT molecular complexity index is 489. The molecule has 1 atom stereocenters. The molecule has 7 nitrogen and oxygen atoms in total. The zero-order valence-corrected chi connectivity index (χ0v) is 10.8. The van der Waals surface area contributed by atoms with Crippen LogP contribution in [-0.2, 0) is 4.74 Å². The molecule has 1 aromatic carbocycles. The van der Waals surface area contributed by atoms with Gasteiger partial charge in [-0.15, -0.1) is 0 Å². The third-order valence-electron chi connectivity index (χ3n) is 2.58. The largest absolute Gasteiger partial charge is 0.396 e. The lowest BCUT2D eigenvalue weighted by Gasteiger charge is -2.16. The number of ether oxygens (including phenoxy) is 1. The van der Waals surface area contributed by atoms with Gasteiger partial charge in [0.1, 0.15) is 11.4 Å². The van der Waals surface area contributed by atoms with E-state index in [-0.39, 0.29) is 25.2 Å². The van der Waals surface area contributed by atoms with E-state index in [2.05, 4.69) is 5.32 Å². The zero-order valence-electron chi connectivity index (χ0n) is 10.8. The molecule has 0 aliphatic heterocycles. The molecule has 0 aliphatic carbocycles. The van der Waals surface area contributed by atoms with E-state index in [1.165, 1.54) is 7.11 Å². The molecule has 0 aliphatic rings. The number of carbonyl (C=O) groups is 1. The van der Waals surface area contributed by atoms with Crippen LogP contribution in [0.25, 0.3) is 0 Å². The third kappa shape index (κ3) is 4.25. The summed E-state index contributed by atoms with van der Waals surface area (Å²) in [4.78, 5) is 22.0. The molecule has 2 N–H and O–H groups in total. The predicted molar refractivity (Wildman–Crippen MR) is 67.9 cm³/mol. The number of nitrogens with one attached hydrogen (secondary N) is 1. The number of hydrogen-bond acceptors (Lipinski definition) is 5. The van der Waals surface area contributed by atoms with Crippen molar-refractivity contribution < 1.29 is 24.0 Å². The van der Waals surface area contributed by atoms with Gasteiger partial charge in [0.05, 0.1) is 17.6 Å². The van der Waals surface area contributed by atoms with Crippen LogP contribution < -0.4 is 5.32 Å². The molecule has 0 radical (unpaired) electrons. The minimum absolute atomic E-state index is 0.134. The molecule has 110 valence electrons. The summed E-state index contributed by atoms with van der Waals surface area (Å²) in [6, 6.07) is 2.13. The maximum atomic E-state index is 13.1. The number of nitro benzene ring substituents is 1. The first-order chi connectivity index (χ1) is 9.49. The maximum absolute atomic E-state index is 13.1. The summed E-state index contributed by atoms with van der Waals surface area (Å²) in [7, 11) is 1.42. The van der Waals surface area contributed by atoms with Gasteiger partial charge in [0.25, 0.3) is 11.6 Å². The first-order valence-corrected chi connectivity index (χ1v) is 5.84. The summed E-state index contributed by atoms with van der Waals surface area (Å²) < 4.78 is 18.0. The van der Waals surface area contributed by atoms with E-state index in [1.807, 2.05) is 0 Å². The van der Waals surface area contributed by atoms with Gasteiger partial charge in [0.2, 0.25) is 0 Å². The molecule has 1 unspecified atom stereocenters. The van der Waals surface area contributed by atoms with E-state index in [4.69, 9.17) is 9.84 Å². The van der Waals surface area contributed by atoms with Gasteiger partial charge >= 0.3 is 0 Å². The summed E-state index contributed by atoms with van der Waals surface area (Å²) in [5.41, 5.74) is -0.849. The van der Waals surface area contributed by atoms with Gasteiger partial charge in [-0.05, 0) is 18.6 Å². The van der Waals surface area contributed by atoms with Crippen LogP contribution in [0.2, 0.25) is 0 Å². The molecule has 1 amide bonds. The molecule has 0 fully saturated rings. The minimum atomic E-state index is -0.785. The second kappa shape index (κ2) is 7.51. The van der Waals surface area contributed by atoms with E-state index in [0.29, 0.717) is 0 Å². The highest BCUT2D eigenvalue weighted by Crippen LogP contribution is 2.19. The first kappa shape index (κ1) is 16.0. The number of rotatable bonds is 7. The fourth-order valence-corrected chi connectivity index (χ4v) is 1.67. The standard InChI is InChI=1S/C12H15FN2O5/c1-20-7-9(4-5-16)14-12(17)10-6-8(13)2-3-11(10)15(18)19/h2-3,6,9,16H,4-5,7H2,1H3,(H,14,17). The molecule has 1 aromatic rings. The van der Waals surface area contributed by atoms with Crippen molar-refractivity contribution in [1.82, 2.24) is 5.32 Å². The summed E-state index contributed by atoms with van der Waals surface area (Å²) >= 11 is 0. The molecule has 0 saturated heterocycles. The summed E-state index contributed by atoms with van der Waals surface area (Å²) in [5, 5.41) is 22.1. The minimum Gasteiger partial charge on any atom is -0.396 e. The van der Waals surface area contributed by atoms with Crippen molar-refractivity contribution in [2.75, 3.05) is 20.3 Å². The topological polar surface area (TPSA) is 102 Å². The van der Waals surface area contributed by atoms with Gasteiger partial charge < -0.3 is 15.2 Å². The number of methoxy groups -OCH3 is 1. The van der Waals surface area contributed by atoms with Gasteiger partial charge in [0, 0.05) is 19.8 Å².